The van der Waals surface area contributed by atoms with Gasteiger partial charge in [-0.2, -0.15) is 0 Å². The number of hydrogen-bond donors (Lipinski definition) is 1. The SMILES string of the molecule is O=C(CN1CSCC1=O)N1CC=C(c2c[nH]c3cc(F)ccc23)CC1. The van der Waals surface area contributed by atoms with E-state index < -0.39 is 0 Å². The third-order valence-electron chi connectivity index (χ3n) is 4.70. The normalized spacial score (nSPS) is 18.1. The third kappa shape index (κ3) is 3.16. The maximum Gasteiger partial charge on any atom is 0.242 e. The van der Waals surface area contributed by atoms with Gasteiger partial charge in [-0.05, 0) is 30.2 Å². The van der Waals surface area contributed by atoms with Crippen molar-refractivity contribution in [1.29, 1.82) is 0 Å². The topological polar surface area (TPSA) is 56.4 Å². The quantitative estimate of drug-likeness (QED) is 0.916. The van der Waals surface area contributed by atoms with Crippen LogP contribution in [-0.4, -0.2) is 57.9 Å². The Morgan fingerprint density at radius 2 is 2.24 bits per heavy atom. The molecule has 0 aliphatic carbocycles. The second kappa shape index (κ2) is 6.55. The van der Waals surface area contributed by atoms with Crippen LogP contribution >= 0.6 is 11.8 Å². The summed E-state index contributed by atoms with van der Waals surface area (Å²) in [6, 6.07) is 4.73. The molecule has 0 atom stereocenters. The molecule has 3 heterocycles. The van der Waals surface area contributed by atoms with E-state index in [4.69, 9.17) is 0 Å². The lowest BCUT2D eigenvalue weighted by Crippen LogP contribution is -2.42. The number of aromatic amines is 1. The van der Waals surface area contributed by atoms with E-state index in [9.17, 15) is 14.0 Å². The van der Waals surface area contributed by atoms with Crippen molar-refractivity contribution in [3.8, 4) is 0 Å². The lowest BCUT2D eigenvalue weighted by atomic mass is 9.99. The molecule has 2 aliphatic rings. The van der Waals surface area contributed by atoms with Crippen LogP contribution in [0.5, 0.6) is 0 Å². The predicted molar refractivity (Wildman–Crippen MR) is 96.5 cm³/mol. The Morgan fingerprint density at radius 1 is 1.36 bits per heavy atom. The van der Waals surface area contributed by atoms with Crippen LogP contribution in [0.15, 0.2) is 30.5 Å². The largest absolute Gasteiger partial charge is 0.360 e. The first kappa shape index (κ1) is 16.2. The lowest BCUT2D eigenvalue weighted by Gasteiger charge is -2.28. The number of benzene rings is 1. The predicted octanol–water partition coefficient (Wildman–Crippen LogP) is 2.46. The average Bonchev–Trinajstić information content (AvgIpc) is 3.21. The molecular weight excluding hydrogens is 341 g/mol. The molecule has 2 aromatic rings. The van der Waals surface area contributed by atoms with Crippen LogP contribution in [-0.2, 0) is 9.59 Å². The molecule has 1 fully saturated rings. The monoisotopic (exact) mass is 359 g/mol. The molecule has 0 bridgehead atoms. The van der Waals surface area contributed by atoms with Crippen molar-refractivity contribution in [3.05, 3.63) is 41.9 Å². The molecule has 1 N–H and O–H groups in total. The second-order valence-corrected chi connectivity index (χ2v) is 7.24. The average molecular weight is 359 g/mol. The number of rotatable bonds is 3. The summed E-state index contributed by atoms with van der Waals surface area (Å²) in [5.41, 5.74) is 3.00. The van der Waals surface area contributed by atoms with Gasteiger partial charge >= 0.3 is 0 Å². The number of fused-ring (bicyclic) bond motifs is 1. The molecule has 1 saturated heterocycles. The van der Waals surface area contributed by atoms with Crippen LogP contribution in [0.1, 0.15) is 12.0 Å². The minimum atomic E-state index is -0.259. The standard InChI is InChI=1S/C18H18FN3O2S/c19-13-1-2-14-15(8-20-16(14)7-13)12-3-5-21(6-4-12)17(23)9-22-11-25-10-18(22)24/h1-3,7-8,20H,4-6,9-11H2. The van der Waals surface area contributed by atoms with Gasteiger partial charge in [-0.25, -0.2) is 4.39 Å². The molecular formula is C18H18FN3O2S. The van der Waals surface area contributed by atoms with E-state index in [1.165, 1.54) is 12.1 Å². The van der Waals surface area contributed by atoms with Crippen LogP contribution < -0.4 is 0 Å². The molecule has 1 aromatic heterocycles. The van der Waals surface area contributed by atoms with Gasteiger partial charge in [-0.1, -0.05) is 6.08 Å². The van der Waals surface area contributed by atoms with Crippen molar-refractivity contribution in [2.45, 2.75) is 6.42 Å². The van der Waals surface area contributed by atoms with Crippen LogP contribution in [0, 0.1) is 5.82 Å². The van der Waals surface area contributed by atoms with Crippen molar-refractivity contribution in [1.82, 2.24) is 14.8 Å². The summed E-state index contributed by atoms with van der Waals surface area (Å²) in [6.45, 7) is 1.34. The summed E-state index contributed by atoms with van der Waals surface area (Å²) in [7, 11) is 0. The maximum absolute atomic E-state index is 13.3. The summed E-state index contributed by atoms with van der Waals surface area (Å²) < 4.78 is 13.3. The Kier molecular flexibility index (Phi) is 4.25. The number of carbonyl (C=O) groups is 2. The summed E-state index contributed by atoms with van der Waals surface area (Å²) in [5.74, 6) is 0.846. The highest BCUT2D eigenvalue weighted by molar-refractivity contribution is 8.00. The molecule has 0 unspecified atom stereocenters. The number of thioether (sulfide) groups is 1. The van der Waals surface area contributed by atoms with Gasteiger partial charge in [-0.3, -0.25) is 9.59 Å². The van der Waals surface area contributed by atoms with Crippen LogP contribution in [0.25, 0.3) is 16.5 Å². The Hall–Kier alpha value is -2.28. The van der Waals surface area contributed by atoms with E-state index in [-0.39, 0.29) is 24.2 Å². The third-order valence-corrected chi connectivity index (χ3v) is 5.65. The van der Waals surface area contributed by atoms with Crippen molar-refractivity contribution < 1.29 is 14.0 Å². The molecule has 25 heavy (non-hydrogen) atoms. The van der Waals surface area contributed by atoms with Gasteiger partial charge in [0.25, 0.3) is 0 Å². The summed E-state index contributed by atoms with van der Waals surface area (Å²) in [4.78, 5) is 30.5. The number of amides is 2. The van der Waals surface area contributed by atoms with Gasteiger partial charge in [0.05, 0.1) is 11.6 Å². The number of nitrogens with zero attached hydrogens (tertiary/aromatic N) is 2. The second-order valence-electron chi connectivity index (χ2n) is 6.28. The number of aromatic nitrogens is 1. The Labute approximate surface area is 148 Å². The zero-order chi connectivity index (χ0) is 17.4. The van der Waals surface area contributed by atoms with Crippen molar-refractivity contribution in [2.24, 2.45) is 0 Å². The van der Waals surface area contributed by atoms with Crippen molar-refractivity contribution in [3.63, 3.8) is 0 Å². The zero-order valence-corrected chi connectivity index (χ0v) is 14.4. The van der Waals surface area contributed by atoms with Gasteiger partial charge in [0.15, 0.2) is 0 Å². The van der Waals surface area contributed by atoms with Gasteiger partial charge in [0, 0.05) is 35.8 Å². The van der Waals surface area contributed by atoms with E-state index in [2.05, 4.69) is 4.98 Å². The molecule has 5 nitrogen and oxygen atoms in total. The first-order valence-corrected chi connectivity index (χ1v) is 9.36. The van der Waals surface area contributed by atoms with Crippen molar-refractivity contribution >= 4 is 40.1 Å². The van der Waals surface area contributed by atoms with E-state index in [1.54, 1.807) is 27.6 Å². The van der Waals surface area contributed by atoms with Crippen LogP contribution in [0.4, 0.5) is 4.39 Å². The van der Waals surface area contributed by atoms with Gasteiger partial charge in [0.2, 0.25) is 11.8 Å². The summed E-state index contributed by atoms with van der Waals surface area (Å²) in [5, 5.41) is 0.993. The smallest absolute Gasteiger partial charge is 0.242 e. The molecule has 0 radical (unpaired) electrons. The zero-order valence-electron chi connectivity index (χ0n) is 13.6. The fraction of sp³-hybridized carbons (Fsp3) is 0.333. The molecule has 7 heteroatoms. The minimum Gasteiger partial charge on any atom is -0.360 e. The first-order chi connectivity index (χ1) is 12.1. The highest BCUT2D eigenvalue weighted by Crippen LogP contribution is 2.29. The van der Waals surface area contributed by atoms with Gasteiger partial charge < -0.3 is 14.8 Å². The van der Waals surface area contributed by atoms with E-state index >= 15 is 0 Å². The number of nitrogens with one attached hydrogen (secondary N) is 1. The number of H-pyrrole nitrogens is 1. The molecule has 0 spiro atoms. The number of carbonyl (C=O) groups excluding carboxylic acids is 2. The maximum atomic E-state index is 13.3. The Morgan fingerprint density at radius 3 is 2.96 bits per heavy atom. The summed E-state index contributed by atoms with van der Waals surface area (Å²) >= 11 is 1.54. The highest BCUT2D eigenvalue weighted by atomic mass is 32.2. The Balaban J connectivity index is 1.46. The summed E-state index contributed by atoms with van der Waals surface area (Å²) in [6.07, 6.45) is 4.69. The molecule has 130 valence electrons. The molecule has 2 aliphatic heterocycles. The molecule has 1 aromatic carbocycles. The van der Waals surface area contributed by atoms with E-state index in [0.29, 0.717) is 24.7 Å². The van der Waals surface area contributed by atoms with E-state index in [1.807, 2.05) is 12.3 Å². The fourth-order valence-electron chi connectivity index (χ4n) is 3.31. The van der Waals surface area contributed by atoms with Gasteiger partial charge in [0.1, 0.15) is 12.4 Å². The minimum absolute atomic E-state index is 0.00727. The molecule has 2 amide bonds. The number of halogens is 1. The Bertz CT molecular complexity index is 876. The molecule has 0 saturated carbocycles. The van der Waals surface area contributed by atoms with E-state index in [0.717, 1.165) is 28.5 Å². The molecule has 4 rings (SSSR count). The highest BCUT2D eigenvalue weighted by Gasteiger charge is 2.26. The number of hydrogen-bond acceptors (Lipinski definition) is 3. The first-order valence-electron chi connectivity index (χ1n) is 8.21. The van der Waals surface area contributed by atoms with Crippen LogP contribution in [0.3, 0.4) is 0 Å². The van der Waals surface area contributed by atoms with Crippen molar-refractivity contribution in [2.75, 3.05) is 31.3 Å². The fourth-order valence-corrected chi connectivity index (χ4v) is 4.21. The van der Waals surface area contributed by atoms with Gasteiger partial charge in [-0.15, -0.1) is 11.8 Å². The lowest BCUT2D eigenvalue weighted by molar-refractivity contribution is -0.137. The van der Waals surface area contributed by atoms with Crippen LogP contribution in [0.2, 0.25) is 0 Å².